The van der Waals surface area contributed by atoms with E-state index in [0.29, 0.717) is 0 Å². The van der Waals surface area contributed by atoms with Crippen molar-refractivity contribution in [1.82, 2.24) is 4.98 Å². The Morgan fingerprint density at radius 2 is 2.25 bits per heavy atom. The highest BCUT2D eigenvalue weighted by molar-refractivity contribution is 9.10. The second-order valence-corrected chi connectivity index (χ2v) is 3.60. The van der Waals surface area contributed by atoms with Crippen LogP contribution in [0.5, 0.6) is 0 Å². The summed E-state index contributed by atoms with van der Waals surface area (Å²) in [6.45, 7) is 1.67. The number of carbonyl (C=O) groups is 1. The number of aromatic nitrogens is 1. The van der Waals surface area contributed by atoms with Crippen molar-refractivity contribution in [2.24, 2.45) is 0 Å². The molecule has 16 heavy (non-hydrogen) atoms. The second-order valence-electron chi connectivity index (χ2n) is 2.80. The van der Waals surface area contributed by atoms with E-state index >= 15 is 0 Å². The predicted octanol–water partition coefficient (Wildman–Crippen LogP) is 2.25. The molecule has 7 heteroatoms. The molecule has 1 N–H and O–H groups in total. The minimum absolute atomic E-state index is 0.0982. The number of ether oxygens (including phenoxy) is 1. The largest absolute Gasteiger partial charge is 0.461 e. The van der Waals surface area contributed by atoms with Crippen LogP contribution in [0, 0.1) is 0 Å². The van der Waals surface area contributed by atoms with Crippen LogP contribution >= 0.6 is 15.9 Å². The number of hydrogen-bond acceptors (Lipinski definition) is 3. The second kappa shape index (κ2) is 5.20. The van der Waals surface area contributed by atoms with Crippen LogP contribution in [-0.2, 0) is 4.74 Å². The molecule has 4 nitrogen and oxygen atoms in total. The van der Waals surface area contributed by atoms with Crippen LogP contribution in [0.15, 0.2) is 15.3 Å². The average Bonchev–Trinajstić information content (AvgIpc) is 2.21. The van der Waals surface area contributed by atoms with Crippen molar-refractivity contribution in [2.45, 2.75) is 13.3 Å². The summed E-state index contributed by atoms with van der Waals surface area (Å²) in [5.74, 6) is -0.839. The molecule has 0 saturated heterocycles. The van der Waals surface area contributed by atoms with Gasteiger partial charge < -0.3 is 9.72 Å². The highest BCUT2D eigenvalue weighted by Gasteiger charge is 2.18. The van der Waals surface area contributed by atoms with Crippen LogP contribution in [0.2, 0.25) is 0 Å². The summed E-state index contributed by atoms with van der Waals surface area (Å²) in [5, 5.41) is 0. The van der Waals surface area contributed by atoms with Crippen LogP contribution in [-0.4, -0.2) is 17.6 Å². The lowest BCUT2D eigenvalue weighted by Crippen LogP contribution is -2.17. The molecule has 1 rings (SSSR count). The van der Waals surface area contributed by atoms with Crippen molar-refractivity contribution in [3.8, 4) is 0 Å². The van der Waals surface area contributed by atoms with E-state index in [-0.39, 0.29) is 16.8 Å². The Morgan fingerprint density at radius 1 is 1.62 bits per heavy atom. The molecule has 1 aromatic rings. The van der Waals surface area contributed by atoms with Crippen molar-refractivity contribution in [3.63, 3.8) is 0 Å². The Kier molecular flexibility index (Phi) is 4.17. The van der Waals surface area contributed by atoms with Crippen LogP contribution in [0.25, 0.3) is 0 Å². The predicted molar refractivity (Wildman–Crippen MR) is 55.7 cm³/mol. The Balaban J connectivity index is 3.24. The normalized spacial score (nSPS) is 10.6. The summed E-state index contributed by atoms with van der Waals surface area (Å²) >= 11 is 2.73. The van der Waals surface area contributed by atoms with Crippen molar-refractivity contribution >= 4 is 21.9 Å². The molecular weight excluding hydrogens is 288 g/mol. The number of hydrogen-bond donors (Lipinski definition) is 1. The number of nitrogens with one attached hydrogen (secondary N) is 1. The fraction of sp³-hybridized carbons (Fsp3) is 0.333. The monoisotopic (exact) mass is 295 g/mol. The SMILES string of the molecule is CCOC(=O)c1cc(C(F)F)c(Br)c(=O)[nH]1. The lowest BCUT2D eigenvalue weighted by atomic mass is 10.2. The number of halogens is 3. The van der Waals surface area contributed by atoms with Gasteiger partial charge in [-0.05, 0) is 28.9 Å². The maximum Gasteiger partial charge on any atom is 0.354 e. The van der Waals surface area contributed by atoms with Gasteiger partial charge in [0.1, 0.15) is 5.69 Å². The van der Waals surface area contributed by atoms with Gasteiger partial charge in [0.2, 0.25) is 0 Å². The molecule has 0 atom stereocenters. The van der Waals surface area contributed by atoms with Crippen LogP contribution in [0.1, 0.15) is 29.4 Å². The molecule has 0 aliphatic rings. The van der Waals surface area contributed by atoms with Crippen molar-refractivity contribution in [2.75, 3.05) is 6.61 Å². The third-order valence-electron chi connectivity index (χ3n) is 1.73. The summed E-state index contributed by atoms with van der Waals surface area (Å²) in [6.07, 6.45) is -2.84. The molecular formula is C9H8BrF2NO3. The van der Waals surface area contributed by atoms with Crippen molar-refractivity contribution in [1.29, 1.82) is 0 Å². The molecule has 0 aliphatic carbocycles. The molecule has 0 bridgehead atoms. The van der Waals surface area contributed by atoms with Crippen LogP contribution < -0.4 is 5.56 Å². The molecule has 0 amide bonds. The Bertz CT molecular complexity index is 459. The van der Waals surface area contributed by atoms with Gasteiger partial charge in [0.15, 0.2) is 0 Å². The fourth-order valence-corrected chi connectivity index (χ4v) is 1.43. The van der Waals surface area contributed by atoms with Crippen LogP contribution in [0.3, 0.4) is 0 Å². The van der Waals surface area contributed by atoms with Crippen molar-refractivity contribution < 1.29 is 18.3 Å². The van der Waals surface area contributed by atoms with Gasteiger partial charge in [0.05, 0.1) is 11.1 Å². The smallest absolute Gasteiger partial charge is 0.354 e. The van der Waals surface area contributed by atoms with E-state index in [1.54, 1.807) is 6.92 Å². The summed E-state index contributed by atoms with van der Waals surface area (Å²) in [4.78, 5) is 24.6. The van der Waals surface area contributed by atoms with Gasteiger partial charge in [-0.3, -0.25) is 4.79 Å². The van der Waals surface area contributed by atoms with Gasteiger partial charge in [0.25, 0.3) is 12.0 Å². The molecule has 1 heterocycles. The molecule has 0 spiro atoms. The van der Waals surface area contributed by atoms with E-state index < -0.39 is 23.5 Å². The number of H-pyrrole nitrogens is 1. The summed E-state index contributed by atoms with van der Waals surface area (Å²) in [5.41, 5.74) is -1.61. The molecule has 0 unspecified atom stereocenters. The first-order valence-electron chi connectivity index (χ1n) is 4.35. The van der Waals surface area contributed by atoms with Crippen LogP contribution in [0.4, 0.5) is 8.78 Å². The first-order chi connectivity index (χ1) is 7.47. The summed E-state index contributed by atoms with van der Waals surface area (Å²) < 4.78 is 29.3. The number of esters is 1. The lowest BCUT2D eigenvalue weighted by molar-refractivity contribution is 0.0518. The third kappa shape index (κ3) is 2.66. The molecule has 0 radical (unpaired) electrons. The summed E-state index contributed by atoms with van der Waals surface area (Å²) in [7, 11) is 0. The minimum Gasteiger partial charge on any atom is -0.461 e. The van der Waals surface area contributed by atoms with E-state index in [9.17, 15) is 18.4 Å². The molecule has 1 aromatic heterocycles. The van der Waals surface area contributed by atoms with E-state index in [4.69, 9.17) is 0 Å². The quantitative estimate of drug-likeness (QED) is 0.870. The zero-order valence-corrected chi connectivity index (χ0v) is 9.81. The summed E-state index contributed by atoms with van der Waals surface area (Å²) in [6, 6.07) is 0.897. The maximum absolute atomic E-state index is 12.5. The standard InChI is InChI=1S/C9H8BrF2NO3/c1-2-16-9(15)5-3-4(7(11)12)6(10)8(14)13-5/h3,7H,2H2,1H3,(H,13,14). The number of pyridine rings is 1. The Labute approximate surface area is 97.7 Å². The molecule has 0 aromatic carbocycles. The third-order valence-corrected chi connectivity index (χ3v) is 2.55. The molecule has 0 saturated carbocycles. The number of rotatable bonds is 3. The van der Waals surface area contributed by atoms with E-state index in [2.05, 4.69) is 25.7 Å². The topological polar surface area (TPSA) is 59.2 Å². The minimum atomic E-state index is -2.84. The van der Waals surface area contributed by atoms with E-state index in [1.165, 1.54) is 0 Å². The van der Waals surface area contributed by atoms with Gasteiger partial charge >= 0.3 is 5.97 Å². The van der Waals surface area contributed by atoms with Gasteiger partial charge in [-0.15, -0.1) is 0 Å². The van der Waals surface area contributed by atoms with Gasteiger partial charge in [-0.25, -0.2) is 13.6 Å². The highest BCUT2D eigenvalue weighted by atomic mass is 79.9. The van der Waals surface area contributed by atoms with E-state index in [1.807, 2.05) is 0 Å². The zero-order valence-electron chi connectivity index (χ0n) is 8.22. The zero-order chi connectivity index (χ0) is 12.3. The average molecular weight is 296 g/mol. The van der Waals surface area contributed by atoms with Crippen molar-refractivity contribution in [3.05, 3.63) is 32.2 Å². The number of carbonyl (C=O) groups excluding carboxylic acids is 1. The Hall–Kier alpha value is -1.24. The van der Waals surface area contributed by atoms with E-state index in [0.717, 1.165) is 6.07 Å². The Morgan fingerprint density at radius 3 is 2.75 bits per heavy atom. The molecule has 0 aliphatic heterocycles. The first-order valence-corrected chi connectivity index (χ1v) is 5.14. The number of aromatic amines is 1. The highest BCUT2D eigenvalue weighted by Crippen LogP contribution is 2.24. The number of alkyl halides is 2. The maximum atomic E-state index is 12.5. The molecule has 0 fully saturated rings. The lowest BCUT2D eigenvalue weighted by Gasteiger charge is -2.06. The van der Waals surface area contributed by atoms with Gasteiger partial charge in [-0.2, -0.15) is 0 Å². The van der Waals surface area contributed by atoms with Gasteiger partial charge in [-0.1, -0.05) is 0 Å². The van der Waals surface area contributed by atoms with Gasteiger partial charge in [0, 0.05) is 5.56 Å². The fourth-order valence-electron chi connectivity index (χ4n) is 1.04. The molecule has 88 valence electrons. The first kappa shape index (κ1) is 12.8.